The number of nitrogens with zero attached hydrogens (tertiary/aromatic N) is 3. The fourth-order valence-electron chi connectivity index (χ4n) is 1.98. The van der Waals surface area contributed by atoms with E-state index in [0.717, 1.165) is 6.42 Å². The van der Waals surface area contributed by atoms with Crippen molar-refractivity contribution in [1.29, 1.82) is 0 Å². The van der Waals surface area contributed by atoms with Crippen LogP contribution in [0.15, 0.2) is 6.33 Å². The van der Waals surface area contributed by atoms with Crippen LogP contribution in [0.25, 0.3) is 11.2 Å². The molecular weight excluding hydrogens is 264 g/mol. The standard InChI is InChI=1S/C13H19ClN4O/c1-3-5-6-9(4-2)7-19-12-10-11(16-8-15-10)17-13(14)18-12/h8-9H,3-7H2,1-2H3,(H,15,16,17,18). The Balaban J connectivity index is 2.06. The number of imidazole rings is 1. The largest absolute Gasteiger partial charge is 0.476 e. The molecule has 0 saturated carbocycles. The summed E-state index contributed by atoms with van der Waals surface area (Å²) >= 11 is 5.86. The Hall–Kier alpha value is -1.36. The molecule has 0 aliphatic heterocycles. The van der Waals surface area contributed by atoms with Crippen LogP contribution < -0.4 is 4.74 Å². The zero-order valence-electron chi connectivity index (χ0n) is 11.3. The number of aromatic nitrogens is 4. The number of nitrogens with one attached hydrogen (secondary N) is 1. The summed E-state index contributed by atoms with van der Waals surface area (Å²) in [6.07, 6.45) is 6.28. The number of hydrogen-bond acceptors (Lipinski definition) is 4. The zero-order valence-corrected chi connectivity index (χ0v) is 12.1. The number of H-pyrrole nitrogens is 1. The number of aromatic amines is 1. The first-order valence-corrected chi connectivity index (χ1v) is 7.11. The van der Waals surface area contributed by atoms with Gasteiger partial charge in [0.05, 0.1) is 12.9 Å². The van der Waals surface area contributed by atoms with Crippen LogP contribution in [0, 0.1) is 5.92 Å². The van der Waals surface area contributed by atoms with Crippen LogP contribution in [0.1, 0.15) is 39.5 Å². The summed E-state index contributed by atoms with van der Waals surface area (Å²) in [4.78, 5) is 15.2. The quantitative estimate of drug-likeness (QED) is 0.788. The van der Waals surface area contributed by atoms with Crippen molar-refractivity contribution in [3.05, 3.63) is 11.6 Å². The minimum atomic E-state index is 0.163. The Morgan fingerprint density at radius 1 is 1.37 bits per heavy atom. The first kappa shape index (κ1) is 14.1. The molecule has 0 amide bonds. The van der Waals surface area contributed by atoms with Crippen molar-refractivity contribution in [3.63, 3.8) is 0 Å². The topological polar surface area (TPSA) is 63.7 Å². The Bertz CT molecular complexity index is 528. The highest BCUT2D eigenvalue weighted by molar-refractivity contribution is 6.28. The van der Waals surface area contributed by atoms with Gasteiger partial charge >= 0.3 is 0 Å². The van der Waals surface area contributed by atoms with Gasteiger partial charge in [-0.2, -0.15) is 9.97 Å². The van der Waals surface area contributed by atoms with E-state index < -0.39 is 0 Å². The normalized spacial score (nSPS) is 12.8. The van der Waals surface area contributed by atoms with Crippen LogP contribution in [0.5, 0.6) is 5.88 Å². The molecule has 0 aliphatic carbocycles. The van der Waals surface area contributed by atoms with Gasteiger partial charge in [0.1, 0.15) is 5.52 Å². The number of fused-ring (bicyclic) bond motifs is 1. The summed E-state index contributed by atoms with van der Waals surface area (Å²) in [5.41, 5.74) is 1.24. The molecule has 1 atom stereocenters. The molecule has 2 aromatic rings. The lowest BCUT2D eigenvalue weighted by atomic mass is 10.0. The first-order chi connectivity index (χ1) is 9.24. The first-order valence-electron chi connectivity index (χ1n) is 6.74. The fourth-order valence-corrected chi connectivity index (χ4v) is 2.14. The van der Waals surface area contributed by atoms with E-state index in [0.29, 0.717) is 29.6 Å². The molecule has 19 heavy (non-hydrogen) atoms. The van der Waals surface area contributed by atoms with Crippen LogP contribution in [0.4, 0.5) is 0 Å². The molecule has 0 spiro atoms. The predicted octanol–water partition coefficient (Wildman–Crippen LogP) is 3.60. The van der Waals surface area contributed by atoms with Gasteiger partial charge in [0, 0.05) is 0 Å². The molecule has 0 bridgehead atoms. The number of halogens is 1. The second kappa shape index (κ2) is 6.70. The van der Waals surface area contributed by atoms with Gasteiger partial charge in [-0.3, -0.25) is 0 Å². The van der Waals surface area contributed by atoms with Crippen molar-refractivity contribution in [1.82, 2.24) is 19.9 Å². The summed E-state index contributed by atoms with van der Waals surface area (Å²) in [5.74, 6) is 1.04. The average Bonchev–Trinajstić information content (AvgIpc) is 2.86. The molecule has 1 unspecified atom stereocenters. The van der Waals surface area contributed by atoms with E-state index in [1.807, 2.05) is 0 Å². The lowest BCUT2D eigenvalue weighted by molar-refractivity contribution is 0.228. The molecule has 6 heteroatoms. The van der Waals surface area contributed by atoms with E-state index >= 15 is 0 Å². The Kier molecular flexibility index (Phi) is 4.96. The van der Waals surface area contributed by atoms with Crippen LogP contribution in [-0.4, -0.2) is 26.5 Å². The van der Waals surface area contributed by atoms with Crippen LogP contribution >= 0.6 is 11.6 Å². The molecule has 2 aromatic heterocycles. The van der Waals surface area contributed by atoms with Gasteiger partial charge in [-0.05, 0) is 23.9 Å². The van der Waals surface area contributed by atoms with Crippen molar-refractivity contribution in [2.45, 2.75) is 39.5 Å². The van der Waals surface area contributed by atoms with Crippen LogP contribution in [0.3, 0.4) is 0 Å². The Morgan fingerprint density at radius 3 is 2.95 bits per heavy atom. The summed E-state index contributed by atoms with van der Waals surface area (Å²) in [6, 6.07) is 0. The third-order valence-corrected chi connectivity index (χ3v) is 3.39. The second-order valence-electron chi connectivity index (χ2n) is 4.63. The molecule has 2 rings (SSSR count). The molecule has 0 aromatic carbocycles. The summed E-state index contributed by atoms with van der Waals surface area (Å²) in [7, 11) is 0. The highest BCUT2D eigenvalue weighted by Gasteiger charge is 2.13. The number of rotatable bonds is 7. The van der Waals surface area contributed by atoms with Crippen molar-refractivity contribution in [2.75, 3.05) is 6.61 Å². The van der Waals surface area contributed by atoms with Crippen LogP contribution in [0.2, 0.25) is 5.28 Å². The minimum Gasteiger partial charge on any atom is -0.476 e. The molecule has 0 radical (unpaired) electrons. The maximum absolute atomic E-state index is 5.86. The summed E-state index contributed by atoms with van der Waals surface area (Å²) < 4.78 is 5.80. The van der Waals surface area contributed by atoms with Crippen LogP contribution in [-0.2, 0) is 0 Å². The molecule has 0 fully saturated rings. The van der Waals surface area contributed by atoms with Crippen molar-refractivity contribution < 1.29 is 4.74 Å². The second-order valence-corrected chi connectivity index (χ2v) is 4.96. The van der Waals surface area contributed by atoms with E-state index in [-0.39, 0.29) is 5.28 Å². The maximum atomic E-state index is 5.86. The van der Waals surface area contributed by atoms with E-state index in [1.54, 1.807) is 6.33 Å². The number of ether oxygens (including phenoxy) is 1. The van der Waals surface area contributed by atoms with E-state index in [2.05, 4.69) is 33.8 Å². The van der Waals surface area contributed by atoms with Gasteiger partial charge in [-0.1, -0.05) is 33.1 Å². The average molecular weight is 283 g/mol. The maximum Gasteiger partial charge on any atom is 0.244 e. The SMILES string of the molecule is CCCCC(CC)COc1nc(Cl)nc2nc[nH]c12. The summed E-state index contributed by atoms with van der Waals surface area (Å²) in [6.45, 7) is 5.03. The van der Waals surface area contributed by atoms with Gasteiger partial charge in [-0.15, -0.1) is 0 Å². The fraction of sp³-hybridized carbons (Fsp3) is 0.615. The minimum absolute atomic E-state index is 0.163. The monoisotopic (exact) mass is 282 g/mol. The lowest BCUT2D eigenvalue weighted by Crippen LogP contribution is -2.12. The summed E-state index contributed by atoms with van der Waals surface area (Å²) in [5, 5.41) is 0.163. The molecule has 1 N–H and O–H groups in total. The van der Waals surface area contributed by atoms with Crippen molar-refractivity contribution in [3.8, 4) is 5.88 Å². The van der Waals surface area contributed by atoms with Gasteiger partial charge in [0.2, 0.25) is 11.2 Å². The van der Waals surface area contributed by atoms with Gasteiger partial charge in [0.15, 0.2) is 5.65 Å². The van der Waals surface area contributed by atoms with E-state index in [9.17, 15) is 0 Å². The van der Waals surface area contributed by atoms with Gasteiger partial charge in [-0.25, -0.2) is 4.98 Å². The molecule has 104 valence electrons. The zero-order chi connectivity index (χ0) is 13.7. The number of hydrogen-bond donors (Lipinski definition) is 1. The predicted molar refractivity (Wildman–Crippen MR) is 75.5 cm³/mol. The molecule has 2 heterocycles. The van der Waals surface area contributed by atoms with E-state index in [1.165, 1.54) is 19.3 Å². The molecule has 0 saturated heterocycles. The lowest BCUT2D eigenvalue weighted by Gasteiger charge is -2.15. The highest BCUT2D eigenvalue weighted by atomic mass is 35.5. The third kappa shape index (κ3) is 3.56. The smallest absolute Gasteiger partial charge is 0.244 e. The van der Waals surface area contributed by atoms with Crippen molar-refractivity contribution >= 4 is 22.8 Å². The molecule has 0 aliphatic rings. The number of unbranched alkanes of at least 4 members (excludes halogenated alkanes) is 1. The molecule has 5 nitrogen and oxygen atoms in total. The third-order valence-electron chi connectivity index (χ3n) is 3.22. The Labute approximate surface area is 117 Å². The Morgan fingerprint density at radius 2 is 2.21 bits per heavy atom. The van der Waals surface area contributed by atoms with Gasteiger partial charge < -0.3 is 9.72 Å². The highest BCUT2D eigenvalue weighted by Crippen LogP contribution is 2.22. The van der Waals surface area contributed by atoms with Gasteiger partial charge in [0.25, 0.3) is 0 Å². The van der Waals surface area contributed by atoms with Crippen molar-refractivity contribution in [2.24, 2.45) is 5.92 Å². The molecular formula is C13H19ClN4O. The van der Waals surface area contributed by atoms with E-state index in [4.69, 9.17) is 16.3 Å².